The molecule has 2 rings (SSSR count). The van der Waals surface area contributed by atoms with Gasteiger partial charge >= 0.3 is 5.97 Å². The molecule has 0 radical (unpaired) electrons. The third kappa shape index (κ3) is 3.94. The Balaban J connectivity index is 2.51. The number of carboxylic acid groups (broad SMARTS) is 1. The summed E-state index contributed by atoms with van der Waals surface area (Å²) in [5.41, 5.74) is 0.552. The maximum atomic E-state index is 13.1. The van der Waals surface area contributed by atoms with Gasteiger partial charge in [-0.05, 0) is 31.2 Å². The van der Waals surface area contributed by atoms with Crippen molar-refractivity contribution in [1.29, 1.82) is 0 Å². The predicted molar refractivity (Wildman–Crippen MR) is 92.4 cm³/mol. The number of para-hydroxylation sites is 1. The van der Waals surface area contributed by atoms with E-state index in [0.29, 0.717) is 17.1 Å². The number of benzene rings is 1. The Hall–Kier alpha value is -2.80. The molecule has 0 atom stereocenters. The van der Waals surface area contributed by atoms with Gasteiger partial charge in [-0.3, -0.25) is 0 Å². The highest BCUT2D eigenvalue weighted by Gasteiger charge is 2.18. The van der Waals surface area contributed by atoms with Crippen molar-refractivity contribution in [1.82, 2.24) is 9.19 Å². The van der Waals surface area contributed by atoms with Crippen molar-refractivity contribution in [2.45, 2.75) is 6.92 Å². The number of hydrogen-bond acceptors (Lipinski definition) is 4. The first-order chi connectivity index (χ1) is 11.6. The molecule has 0 saturated carbocycles. The Labute approximate surface area is 143 Å². The van der Waals surface area contributed by atoms with Gasteiger partial charge in [0.1, 0.15) is 11.5 Å². The SMILES string of the molecule is C=C/C=C(\C=C/C)Oc1ccccc1-c1cc(C(=O)O)nn1SF. The molecular formula is C17H15FN2O3S. The molecule has 1 aromatic carbocycles. The minimum Gasteiger partial charge on any atom is -0.476 e. The molecule has 0 aliphatic carbocycles. The summed E-state index contributed by atoms with van der Waals surface area (Å²) in [7, 11) is 0. The molecular weight excluding hydrogens is 331 g/mol. The van der Waals surface area contributed by atoms with E-state index in [1.807, 2.05) is 13.0 Å². The number of ether oxygens (including phenoxy) is 1. The molecule has 5 nitrogen and oxygen atoms in total. The topological polar surface area (TPSA) is 64.3 Å². The van der Waals surface area contributed by atoms with E-state index in [0.717, 1.165) is 4.09 Å². The van der Waals surface area contributed by atoms with Crippen LogP contribution in [0.5, 0.6) is 5.75 Å². The zero-order chi connectivity index (χ0) is 17.5. The predicted octanol–water partition coefficient (Wildman–Crippen LogP) is 4.65. The number of aromatic carboxylic acids is 1. The van der Waals surface area contributed by atoms with Gasteiger partial charge in [0.05, 0.1) is 5.69 Å². The molecule has 0 bridgehead atoms. The quantitative estimate of drug-likeness (QED) is 0.584. The third-order valence-electron chi connectivity index (χ3n) is 2.97. The van der Waals surface area contributed by atoms with E-state index in [9.17, 15) is 8.68 Å². The minimum absolute atomic E-state index is 0.181. The summed E-state index contributed by atoms with van der Waals surface area (Å²) in [5.74, 6) is -0.253. The Morgan fingerprint density at radius 1 is 1.46 bits per heavy atom. The van der Waals surface area contributed by atoms with Gasteiger partial charge in [0, 0.05) is 11.6 Å². The molecule has 124 valence electrons. The summed E-state index contributed by atoms with van der Waals surface area (Å²) >= 11 is -0.181. The number of hydrogen-bond donors (Lipinski definition) is 1. The molecule has 1 N–H and O–H groups in total. The van der Waals surface area contributed by atoms with Gasteiger partial charge in [0.2, 0.25) is 0 Å². The lowest BCUT2D eigenvalue weighted by Gasteiger charge is -2.11. The normalized spacial score (nSPS) is 11.7. The summed E-state index contributed by atoms with van der Waals surface area (Å²) in [4.78, 5) is 11.1. The fourth-order valence-electron chi connectivity index (χ4n) is 2.00. The van der Waals surface area contributed by atoms with E-state index < -0.39 is 5.97 Å². The van der Waals surface area contributed by atoms with Crippen molar-refractivity contribution in [3.63, 3.8) is 0 Å². The van der Waals surface area contributed by atoms with Gasteiger partial charge in [-0.2, -0.15) is 9.19 Å². The van der Waals surface area contributed by atoms with Crippen LogP contribution in [0.3, 0.4) is 0 Å². The van der Waals surface area contributed by atoms with Crippen LogP contribution in [0.15, 0.2) is 67.0 Å². The lowest BCUT2D eigenvalue weighted by atomic mass is 10.1. The van der Waals surface area contributed by atoms with Crippen LogP contribution in [-0.2, 0) is 0 Å². The Kier molecular flexibility index (Phi) is 5.97. The largest absolute Gasteiger partial charge is 0.476 e. The molecule has 2 aromatic rings. The first-order valence-electron chi connectivity index (χ1n) is 6.95. The number of allylic oxidation sites excluding steroid dienone is 4. The van der Waals surface area contributed by atoms with Crippen LogP contribution >= 0.6 is 12.3 Å². The van der Waals surface area contributed by atoms with E-state index in [2.05, 4.69) is 11.7 Å². The van der Waals surface area contributed by atoms with Crippen LogP contribution in [-0.4, -0.2) is 20.3 Å². The summed E-state index contributed by atoms with van der Waals surface area (Å²) in [6.07, 6.45) is 6.83. The van der Waals surface area contributed by atoms with Crippen molar-refractivity contribution >= 4 is 18.3 Å². The number of rotatable bonds is 7. The van der Waals surface area contributed by atoms with Gasteiger partial charge in [-0.25, -0.2) is 4.79 Å². The first-order valence-corrected chi connectivity index (χ1v) is 7.63. The van der Waals surface area contributed by atoms with Crippen molar-refractivity contribution in [3.05, 3.63) is 72.7 Å². The summed E-state index contributed by atoms with van der Waals surface area (Å²) in [5, 5.41) is 12.8. The molecule has 0 spiro atoms. The smallest absolute Gasteiger partial charge is 0.356 e. The van der Waals surface area contributed by atoms with Crippen molar-refractivity contribution in [2.24, 2.45) is 0 Å². The number of carboxylic acids is 1. The van der Waals surface area contributed by atoms with Crippen LogP contribution in [0, 0.1) is 0 Å². The second kappa shape index (κ2) is 8.16. The molecule has 0 unspecified atom stereocenters. The summed E-state index contributed by atoms with van der Waals surface area (Å²) in [6, 6.07) is 8.21. The van der Waals surface area contributed by atoms with Crippen LogP contribution in [0.1, 0.15) is 17.4 Å². The Bertz CT molecular complexity index is 812. The average Bonchev–Trinajstić information content (AvgIpc) is 3.00. The van der Waals surface area contributed by atoms with Crippen LogP contribution < -0.4 is 4.74 Å². The lowest BCUT2D eigenvalue weighted by molar-refractivity contribution is 0.0690. The van der Waals surface area contributed by atoms with E-state index in [1.165, 1.54) is 6.07 Å². The highest BCUT2D eigenvalue weighted by Crippen LogP contribution is 2.33. The summed E-state index contributed by atoms with van der Waals surface area (Å²) < 4.78 is 19.9. The molecule has 0 fully saturated rings. The second-order valence-electron chi connectivity index (χ2n) is 4.56. The minimum atomic E-state index is -1.23. The molecule has 0 aliphatic heterocycles. The Morgan fingerprint density at radius 2 is 2.21 bits per heavy atom. The molecule has 0 amide bonds. The molecule has 0 aliphatic rings. The van der Waals surface area contributed by atoms with E-state index in [1.54, 1.807) is 42.5 Å². The third-order valence-corrected chi connectivity index (χ3v) is 3.38. The van der Waals surface area contributed by atoms with Crippen LogP contribution in [0.4, 0.5) is 3.89 Å². The van der Waals surface area contributed by atoms with Crippen molar-refractivity contribution in [3.8, 4) is 17.0 Å². The van der Waals surface area contributed by atoms with Crippen LogP contribution in [0.25, 0.3) is 11.3 Å². The van der Waals surface area contributed by atoms with Gasteiger partial charge in [-0.15, -0.1) is 3.89 Å². The zero-order valence-electron chi connectivity index (χ0n) is 12.8. The number of carbonyl (C=O) groups is 1. The number of nitrogens with zero attached hydrogens (tertiary/aromatic N) is 2. The Morgan fingerprint density at radius 3 is 2.83 bits per heavy atom. The van der Waals surface area contributed by atoms with Gasteiger partial charge < -0.3 is 9.84 Å². The molecule has 24 heavy (non-hydrogen) atoms. The summed E-state index contributed by atoms with van der Waals surface area (Å²) in [6.45, 7) is 5.48. The highest BCUT2D eigenvalue weighted by atomic mass is 32.2. The second-order valence-corrected chi connectivity index (χ2v) is 5.05. The van der Waals surface area contributed by atoms with E-state index in [-0.39, 0.29) is 23.7 Å². The highest BCUT2D eigenvalue weighted by molar-refractivity contribution is 7.92. The van der Waals surface area contributed by atoms with Crippen molar-refractivity contribution in [2.75, 3.05) is 0 Å². The molecule has 1 aromatic heterocycles. The van der Waals surface area contributed by atoms with Crippen LogP contribution in [0.2, 0.25) is 0 Å². The monoisotopic (exact) mass is 346 g/mol. The molecule has 0 saturated heterocycles. The van der Waals surface area contributed by atoms with E-state index in [4.69, 9.17) is 9.84 Å². The first kappa shape index (κ1) is 17.6. The number of halogens is 1. The van der Waals surface area contributed by atoms with Crippen molar-refractivity contribution < 1.29 is 18.5 Å². The van der Waals surface area contributed by atoms with E-state index >= 15 is 0 Å². The van der Waals surface area contributed by atoms with Gasteiger partial charge in [-0.1, -0.05) is 30.9 Å². The average molecular weight is 346 g/mol. The molecule has 1 heterocycles. The fraction of sp³-hybridized carbons (Fsp3) is 0.0588. The van der Waals surface area contributed by atoms with Gasteiger partial charge in [0.25, 0.3) is 0 Å². The maximum absolute atomic E-state index is 13.1. The fourth-order valence-corrected chi connectivity index (χ4v) is 2.35. The standard InChI is InChI=1S/C17H15FN2O3S/c1-3-7-12(8-4-2)23-16-10-6-5-9-13(16)15-11-14(17(21)22)19-20(15)24-18/h3-11H,1H2,2H3,(H,21,22)/b8-4-,12-7+. The molecule has 7 heteroatoms. The zero-order valence-corrected chi connectivity index (χ0v) is 13.7. The number of aromatic nitrogens is 2. The maximum Gasteiger partial charge on any atom is 0.356 e. The lowest BCUT2D eigenvalue weighted by Crippen LogP contribution is -1.98. The van der Waals surface area contributed by atoms with Gasteiger partial charge in [0.15, 0.2) is 18.0 Å².